The van der Waals surface area contributed by atoms with Crippen LogP contribution in [0.5, 0.6) is 0 Å². The molecule has 1 nitrogen and oxygen atoms in total. The quantitative estimate of drug-likeness (QED) is 0.658. The van der Waals surface area contributed by atoms with Gasteiger partial charge < -0.3 is 5.11 Å². The van der Waals surface area contributed by atoms with Gasteiger partial charge >= 0.3 is 0 Å². The van der Waals surface area contributed by atoms with Gasteiger partial charge in [0.25, 0.3) is 0 Å². The number of benzene rings is 1. The maximum absolute atomic E-state index is 10.1. The molecule has 0 radical (unpaired) electrons. The molecular weight excluding hydrogens is 196 g/mol. The molecule has 0 spiro atoms. The standard InChI is InChI=1S/C15H18O/c1-12-5-6-14(11-13(12)2)7-10-15(16)8-3-4-9-15/h5-6,11,16H,3-4,8-9H2,1-2H3. The van der Waals surface area contributed by atoms with E-state index in [9.17, 15) is 5.11 Å². The van der Waals surface area contributed by atoms with Gasteiger partial charge in [0.2, 0.25) is 0 Å². The summed E-state index contributed by atoms with van der Waals surface area (Å²) in [6.07, 6.45) is 3.84. The second-order valence-electron chi connectivity index (χ2n) is 4.79. The summed E-state index contributed by atoms with van der Waals surface area (Å²) in [5, 5.41) is 10.1. The third-order valence-electron chi connectivity index (χ3n) is 3.38. The zero-order chi connectivity index (χ0) is 11.6. The molecule has 0 amide bonds. The van der Waals surface area contributed by atoms with Crippen LogP contribution in [-0.2, 0) is 0 Å². The number of hydrogen-bond donors (Lipinski definition) is 1. The summed E-state index contributed by atoms with van der Waals surface area (Å²) in [4.78, 5) is 0. The van der Waals surface area contributed by atoms with Crippen LogP contribution in [-0.4, -0.2) is 10.7 Å². The zero-order valence-corrected chi connectivity index (χ0v) is 10.0. The highest BCUT2D eigenvalue weighted by Gasteiger charge is 2.28. The molecule has 1 N–H and O–H groups in total. The molecule has 1 heteroatoms. The van der Waals surface area contributed by atoms with Crippen molar-refractivity contribution in [3.63, 3.8) is 0 Å². The summed E-state index contributed by atoms with van der Waals surface area (Å²) >= 11 is 0. The van der Waals surface area contributed by atoms with Crippen LogP contribution in [0, 0.1) is 25.7 Å². The Morgan fingerprint density at radius 2 is 1.81 bits per heavy atom. The minimum absolute atomic E-state index is 0.723. The van der Waals surface area contributed by atoms with Gasteiger partial charge in [0.1, 0.15) is 5.60 Å². The van der Waals surface area contributed by atoms with Gasteiger partial charge in [-0.05, 0) is 62.8 Å². The SMILES string of the molecule is Cc1ccc(C#CC2(O)CCCC2)cc1C. The minimum atomic E-state index is -0.723. The van der Waals surface area contributed by atoms with E-state index in [4.69, 9.17) is 0 Å². The molecule has 0 aliphatic heterocycles. The van der Waals surface area contributed by atoms with E-state index in [1.54, 1.807) is 0 Å². The van der Waals surface area contributed by atoms with E-state index >= 15 is 0 Å². The Hall–Kier alpha value is -1.26. The average molecular weight is 214 g/mol. The van der Waals surface area contributed by atoms with E-state index in [1.807, 2.05) is 6.07 Å². The smallest absolute Gasteiger partial charge is 0.125 e. The second-order valence-corrected chi connectivity index (χ2v) is 4.79. The number of aliphatic hydroxyl groups is 1. The highest BCUT2D eigenvalue weighted by atomic mass is 16.3. The van der Waals surface area contributed by atoms with E-state index in [2.05, 4.69) is 37.8 Å². The van der Waals surface area contributed by atoms with Crippen LogP contribution in [0.3, 0.4) is 0 Å². The summed E-state index contributed by atoms with van der Waals surface area (Å²) < 4.78 is 0. The number of rotatable bonds is 0. The fourth-order valence-electron chi connectivity index (χ4n) is 2.09. The van der Waals surface area contributed by atoms with Gasteiger partial charge in [-0.2, -0.15) is 0 Å². The molecule has 1 aliphatic rings. The third kappa shape index (κ3) is 2.46. The van der Waals surface area contributed by atoms with Gasteiger partial charge in [0.05, 0.1) is 0 Å². The van der Waals surface area contributed by atoms with E-state index in [1.165, 1.54) is 11.1 Å². The molecule has 1 aliphatic carbocycles. The van der Waals surface area contributed by atoms with Crippen molar-refractivity contribution in [1.29, 1.82) is 0 Å². The predicted molar refractivity (Wildman–Crippen MR) is 66.2 cm³/mol. The maximum atomic E-state index is 10.1. The molecule has 1 aromatic rings. The van der Waals surface area contributed by atoms with Crippen LogP contribution in [0.2, 0.25) is 0 Å². The molecule has 0 aromatic heterocycles. The first-order chi connectivity index (χ1) is 7.59. The molecule has 0 bridgehead atoms. The van der Waals surface area contributed by atoms with E-state index < -0.39 is 5.60 Å². The van der Waals surface area contributed by atoms with Gasteiger partial charge in [-0.3, -0.25) is 0 Å². The predicted octanol–water partition coefficient (Wildman–Crippen LogP) is 2.96. The molecular formula is C15H18O. The molecule has 1 saturated carbocycles. The van der Waals surface area contributed by atoms with Gasteiger partial charge in [-0.1, -0.05) is 17.9 Å². The van der Waals surface area contributed by atoms with Crippen LogP contribution in [0.25, 0.3) is 0 Å². The molecule has 1 aromatic carbocycles. The van der Waals surface area contributed by atoms with Crippen molar-refractivity contribution in [1.82, 2.24) is 0 Å². The van der Waals surface area contributed by atoms with E-state index in [0.717, 1.165) is 31.2 Å². The van der Waals surface area contributed by atoms with Crippen LogP contribution in [0.1, 0.15) is 42.4 Å². The monoisotopic (exact) mass is 214 g/mol. The first-order valence-electron chi connectivity index (χ1n) is 5.92. The van der Waals surface area contributed by atoms with Crippen molar-refractivity contribution in [3.8, 4) is 11.8 Å². The van der Waals surface area contributed by atoms with Crippen LogP contribution >= 0.6 is 0 Å². The molecule has 84 valence electrons. The summed E-state index contributed by atoms with van der Waals surface area (Å²) in [6.45, 7) is 4.18. The Morgan fingerprint density at radius 1 is 1.12 bits per heavy atom. The zero-order valence-electron chi connectivity index (χ0n) is 10.0. The van der Waals surface area contributed by atoms with Gasteiger partial charge in [-0.15, -0.1) is 0 Å². The minimum Gasteiger partial charge on any atom is -0.378 e. The Kier molecular flexibility index (Phi) is 3.03. The summed E-state index contributed by atoms with van der Waals surface area (Å²) in [5.41, 5.74) is 2.82. The van der Waals surface area contributed by atoms with Crippen LogP contribution in [0.4, 0.5) is 0 Å². The van der Waals surface area contributed by atoms with Crippen molar-refractivity contribution >= 4 is 0 Å². The van der Waals surface area contributed by atoms with Gasteiger partial charge in [-0.25, -0.2) is 0 Å². The van der Waals surface area contributed by atoms with Crippen molar-refractivity contribution in [2.45, 2.75) is 45.1 Å². The Bertz CT molecular complexity index is 442. The molecule has 2 rings (SSSR count). The van der Waals surface area contributed by atoms with E-state index in [-0.39, 0.29) is 0 Å². The van der Waals surface area contributed by atoms with Gasteiger partial charge in [0, 0.05) is 5.56 Å². The topological polar surface area (TPSA) is 20.2 Å². The van der Waals surface area contributed by atoms with E-state index in [0.29, 0.717) is 0 Å². The van der Waals surface area contributed by atoms with Crippen molar-refractivity contribution in [2.75, 3.05) is 0 Å². The third-order valence-corrected chi connectivity index (χ3v) is 3.38. The molecule has 1 fully saturated rings. The molecule has 0 heterocycles. The van der Waals surface area contributed by atoms with Crippen molar-refractivity contribution in [2.24, 2.45) is 0 Å². The fraction of sp³-hybridized carbons (Fsp3) is 0.467. The Labute approximate surface area is 97.5 Å². The van der Waals surface area contributed by atoms with Gasteiger partial charge in [0.15, 0.2) is 0 Å². The average Bonchev–Trinajstić information content (AvgIpc) is 2.68. The fourth-order valence-corrected chi connectivity index (χ4v) is 2.09. The lowest BCUT2D eigenvalue weighted by Gasteiger charge is -2.12. The lowest BCUT2D eigenvalue weighted by Crippen LogP contribution is -2.20. The highest BCUT2D eigenvalue weighted by molar-refractivity contribution is 5.41. The molecule has 0 unspecified atom stereocenters. The molecule has 0 atom stereocenters. The highest BCUT2D eigenvalue weighted by Crippen LogP contribution is 2.28. The maximum Gasteiger partial charge on any atom is 0.125 e. The first-order valence-corrected chi connectivity index (χ1v) is 5.92. The second kappa shape index (κ2) is 4.31. The van der Waals surface area contributed by atoms with Crippen LogP contribution < -0.4 is 0 Å². The molecule has 0 saturated heterocycles. The van der Waals surface area contributed by atoms with Crippen LogP contribution in [0.15, 0.2) is 18.2 Å². The number of hydrogen-bond acceptors (Lipinski definition) is 1. The summed E-state index contributed by atoms with van der Waals surface area (Å²) in [6, 6.07) is 6.19. The normalized spacial score (nSPS) is 17.9. The summed E-state index contributed by atoms with van der Waals surface area (Å²) in [5.74, 6) is 6.12. The van der Waals surface area contributed by atoms with Crippen molar-refractivity contribution in [3.05, 3.63) is 34.9 Å². The van der Waals surface area contributed by atoms with Crippen molar-refractivity contribution < 1.29 is 5.11 Å². The first kappa shape index (κ1) is 11.2. The lowest BCUT2D eigenvalue weighted by atomic mass is 10.0. The Balaban J connectivity index is 2.20. The summed E-state index contributed by atoms with van der Waals surface area (Å²) in [7, 11) is 0. The lowest BCUT2D eigenvalue weighted by molar-refractivity contribution is 0.110. The largest absolute Gasteiger partial charge is 0.378 e. The number of aryl methyl sites for hydroxylation is 2. The molecule has 16 heavy (non-hydrogen) atoms. The Morgan fingerprint density at radius 3 is 2.44 bits per heavy atom.